The first-order valence-corrected chi connectivity index (χ1v) is 9.42. The number of nitrogens with one attached hydrogen (secondary N) is 2. The van der Waals surface area contributed by atoms with Gasteiger partial charge in [-0.2, -0.15) is 10.2 Å². The molecule has 4 heterocycles. The third kappa shape index (κ3) is 3.49. The molecular weight excluding hydrogens is 340 g/mol. The zero-order valence-electron chi connectivity index (χ0n) is 15.6. The highest BCUT2D eigenvalue weighted by Crippen LogP contribution is 2.37. The van der Waals surface area contributed by atoms with Crippen molar-refractivity contribution in [1.29, 1.82) is 0 Å². The van der Waals surface area contributed by atoms with Gasteiger partial charge in [-0.1, -0.05) is 13.8 Å². The molecule has 1 aliphatic heterocycles. The zero-order chi connectivity index (χ0) is 18.8. The van der Waals surface area contributed by atoms with E-state index >= 15 is 0 Å². The summed E-state index contributed by atoms with van der Waals surface area (Å²) in [6.45, 7) is 5.03. The summed E-state index contributed by atoms with van der Waals surface area (Å²) in [4.78, 5) is 19.1. The number of hydrogen-bond acceptors (Lipinski definition) is 4. The lowest BCUT2D eigenvalue weighted by atomic mass is 10.0. The minimum atomic E-state index is -0.0287. The maximum absolute atomic E-state index is 13.1. The van der Waals surface area contributed by atoms with E-state index in [9.17, 15) is 4.79 Å². The molecule has 1 amide bonds. The molecule has 3 aromatic heterocycles. The van der Waals surface area contributed by atoms with E-state index in [-0.39, 0.29) is 11.9 Å². The molecular formula is C20H24N6O. The summed E-state index contributed by atoms with van der Waals surface area (Å²) < 4.78 is 0. The van der Waals surface area contributed by atoms with Crippen molar-refractivity contribution in [3.63, 3.8) is 0 Å². The molecule has 7 heteroatoms. The highest BCUT2D eigenvalue weighted by atomic mass is 16.2. The quantitative estimate of drug-likeness (QED) is 0.726. The molecule has 1 unspecified atom stereocenters. The molecule has 0 radical (unpaired) electrons. The predicted molar refractivity (Wildman–Crippen MR) is 102 cm³/mol. The van der Waals surface area contributed by atoms with Gasteiger partial charge in [-0.3, -0.25) is 20.0 Å². The molecule has 0 aliphatic carbocycles. The van der Waals surface area contributed by atoms with Gasteiger partial charge in [-0.05, 0) is 48.9 Å². The summed E-state index contributed by atoms with van der Waals surface area (Å²) >= 11 is 0. The largest absolute Gasteiger partial charge is 0.329 e. The van der Waals surface area contributed by atoms with Gasteiger partial charge in [-0.25, -0.2) is 0 Å². The van der Waals surface area contributed by atoms with E-state index in [0.717, 1.165) is 48.3 Å². The summed E-state index contributed by atoms with van der Waals surface area (Å²) in [6.07, 6.45) is 8.12. The van der Waals surface area contributed by atoms with E-state index in [1.807, 2.05) is 29.3 Å². The molecule has 0 aromatic carbocycles. The molecule has 3 aromatic rings. The minimum Gasteiger partial charge on any atom is -0.329 e. The number of rotatable bonds is 5. The van der Waals surface area contributed by atoms with Crippen LogP contribution in [0, 0.1) is 5.92 Å². The van der Waals surface area contributed by atoms with Crippen molar-refractivity contribution in [3.05, 3.63) is 53.9 Å². The van der Waals surface area contributed by atoms with Crippen molar-refractivity contribution in [2.45, 2.75) is 39.2 Å². The van der Waals surface area contributed by atoms with E-state index in [1.165, 1.54) is 0 Å². The Labute approximate surface area is 158 Å². The molecule has 4 rings (SSSR count). The molecule has 1 saturated heterocycles. The molecule has 1 aliphatic rings. The van der Waals surface area contributed by atoms with Crippen LogP contribution in [0.5, 0.6) is 0 Å². The van der Waals surface area contributed by atoms with E-state index in [1.54, 1.807) is 12.4 Å². The van der Waals surface area contributed by atoms with Gasteiger partial charge in [0.25, 0.3) is 5.91 Å². The Balaban J connectivity index is 1.59. The second kappa shape index (κ2) is 7.34. The Morgan fingerprint density at radius 3 is 2.89 bits per heavy atom. The smallest absolute Gasteiger partial charge is 0.274 e. The fourth-order valence-corrected chi connectivity index (χ4v) is 3.78. The maximum atomic E-state index is 13.1. The number of aromatic nitrogens is 5. The Bertz CT molecular complexity index is 913. The van der Waals surface area contributed by atoms with Crippen LogP contribution in [0.3, 0.4) is 0 Å². The van der Waals surface area contributed by atoms with Gasteiger partial charge < -0.3 is 4.90 Å². The standard InChI is InChI=1S/C20H24N6O/c1-13(2)10-15-11-17(24-23-15)20(27)26-9-3-4-18(26)19-16(12-22-25-19)14-5-7-21-8-6-14/h5-8,11-13,18H,3-4,9-10H2,1-2H3,(H,22,25)(H,23,24). The number of hydrogen-bond donors (Lipinski definition) is 2. The molecule has 2 N–H and O–H groups in total. The van der Waals surface area contributed by atoms with Gasteiger partial charge in [-0.15, -0.1) is 0 Å². The number of amides is 1. The highest BCUT2D eigenvalue weighted by Gasteiger charge is 2.34. The average Bonchev–Trinajstić information content (AvgIpc) is 3.41. The van der Waals surface area contributed by atoms with Crippen molar-refractivity contribution >= 4 is 5.91 Å². The van der Waals surface area contributed by atoms with Gasteiger partial charge in [0.1, 0.15) is 5.69 Å². The molecule has 7 nitrogen and oxygen atoms in total. The normalized spacial score (nSPS) is 17.0. The van der Waals surface area contributed by atoms with Crippen molar-refractivity contribution in [2.24, 2.45) is 5.92 Å². The lowest BCUT2D eigenvalue weighted by Gasteiger charge is -2.24. The third-order valence-corrected chi connectivity index (χ3v) is 4.99. The van der Waals surface area contributed by atoms with Crippen LogP contribution in [0.15, 0.2) is 36.8 Å². The molecule has 1 fully saturated rings. The van der Waals surface area contributed by atoms with Crippen LogP contribution in [0.2, 0.25) is 0 Å². The second-order valence-electron chi connectivity index (χ2n) is 7.47. The van der Waals surface area contributed by atoms with Crippen LogP contribution >= 0.6 is 0 Å². The fourth-order valence-electron chi connectivity index (χ4n) is 3.78. The Morgan fingerprint density at radius 1 is 1.30 bits per heavy atom. The van der Waals surface area contributed by atoms with E-state index in [0.29, 0.717) is 11.6 Å². The first-order valence-electron chi connectivity index (χ1n) is 9.42. The third-order valence-electron chi connectivity index (χ3n) is 4.99. The van der Waals surface area contributed by atoms with Gasteiger partial charge >= 0.3 is 0 Å². The van der Waals surface area contributed by atoms with E-state index in [2.05, 4.69) is 39.2 Å². The van der Waals surface area contributed by atoms with Crippen LogP contribution in [0.25, 0.3) is 11.1 Å². The Morgan fingerprint density at radius 2 is 2.11 bits per heavy atom. The molecule has 0 spiro atoms. The summed E-state index contributed by atoms with van der Waals surface area (Å²) in [5.41, 5.74) is 4.53. The lowest BCUT2D eigenvalue weighted by molar-refractivity contribution is 0.0727. The second-order valence-corrected chi connectivity index (χ2v) is 7.47. The van der Waals surface area contributed by atoms with Crippen LogP contribution in [-0.2, 0) is 6.42 Å². The number of nitrogens with zero attached hydrogens (tertiary/aromatic N) is 4. The summed E-state index contributed by atoms with van der Waals surface area (Å²) in [5.74, 6) is 0.486. The molecule has 27 heavy (non-hydrogen) atoms. The fraction of sp³-hybridized carbons (Fsp3) is 0.400. The number of aromatic amines is 2. The van der Waals surface area contributed by atoms with E-state index < -0.39 is 0 Å². The average molecular weight is 364 g/mol. The molecule has 0 bridgehead atoms. The topological polar surface area (TPSA) is 90.6 Å². The number of carbonyl (C=O) groups is 1. The summed E-state index contributed by atoms with van der Waals surface area (Å²) in [6, 6.07) is 5.78. The molecule has 1 atom stereocenters. The van der Waals surface area contributed by atoms with Crippen molar-refractivity contribution < 1.29 is 4.79 Å². The summed E-state index contributed by atoms with van der Waals surface area (Å²) in [7, 11) is 0. The van der Waals surface area contributed by atoms with Crippen LogP contribution in [0.1, 0.15) is 54.6 Å². The SMILES string of the molecule is CC(C)Cc1cc(C(=O)N2CCCC2c2[nH]ncc2-c2ccncc2)n[nH]1. The van der Waals surface area contributed by atoms with Gasteiger partial charge in [0.05, 0.1) is 17.9 Å². The van der Waals surface area contributed by atoms with Gasteiger partial charge in [0, 0.05) is 30.2 Å². The minimum absolute atomic E-state index is 0.0200. The number of likely N-dealkylation sites (tertiary alicyclic amines) is 1. The first-order chi connectivity index (χ1) is 13.1. The highest BCUT2D eigenvalue weighted by molar-refractivity contribution is 5.93. The van der Waals surface area contributed by atoms with Gasteiger partial charge in [0.2, 0.25) is 0 Å². The monoisotopic (exact) mass is 364 g/mol. The molecule has 140 valence electrons. The molecule has 0 saturated carbocycles. The van der Waals surface area contributed by atoms with Crippen molar-refractivity contribution in [1.82, 2.24) is 30.3 Å². The number of H-pyrrole nitrogens is 2. The number of carbonyl (C=O) groups excluding carboxylic acids is 1. The van der Waals surface area contributed by atoms with Crippen LogP contribution in [-0.4, -0.2) is 42.7 Å². The van der Waals surface area contributed by atoms with Crippen molar-refractivity contribution in [2.75, 3.05) is 6.54 Å². The van der Waals surface area contributed by atoms with Crippen LogP contribution in [0.4, 0.5) is 0 Å². The Hall–Kier alpha value is -2.96. The first kappa shape index (κ1) is 17.5. The lowest BCUT2D eigenvalue weighted by Crippen LogP contribution is -2.31. The van der Waals surface area contributed by atoms with Crippen molar-refractivity contribution in [3.8, 4) is 11.1 Å². The van der Waals surface area contributed by atoms with E-state index in [4.69, 9.17) is 0 Å². The summed E-state index contributed by atoms with van der Waals surface area (Å²) in [5, 5.41) is 14.6. The van der Waals surface area contributed by atoms with Crippen LogP contribution < -0.4 is 0 Å². The zero-order valence-corrected chi connectivity index (χ0v) is 15.6. The predicted octanol–water partition coefficient (Wildman–Crippen LogP) is 3.37. The van der Waals surface area contributed by atoms with Gasteiger partial charge in [0.15, 0.2) is 0 Å². The number of pyridine rings is 1. The Kier molecular flexibility index (Phi) is 4.75. The maximum Gasteiger partial charge on any atom is 0.274 e.